The molecule has 6 nitrogen and oxygen atoms in total. The van der Waals surface area contributed by atoms with E-state index in [9.17, 15) is 14.7 Å². The van der Waals surface area contributed by atoms with Gasteiger partial charge in [-0.2, -0.15) is 0 Å². The molecule has 0 radical (unpaired) electrons. The summed E-state index contributed by atoms with van der Waals surface area (Å²) in [4.78, 5) is 25.4. The van der Waals surface area contributed by atoms with E-state index in [0.29, 0.717) is 29.4 Å². The second kappa shape index (κ2) is 8.46. The fourth-order valence-corrected chi connectivity index (χ4v) is 3.27. The van der Waals surface area contributed by atoms with Gasteiger partial charge in [0.05, 0.1) is 6.54 Å². The highest BCUT2D eigenvalue weighted by Crippen LogP contribution is 2.21. The van der Waals surface area contributed by atoms with Crippen LogP contribution in [0.2, 0.25) is 5.02 Å². The SMILES string of the molecule is CC[NH+](CC(=O)Nc1cc(Cl)ccc1C)Cc1cc(=O)oc2cc(O)ccc12. The van der Waals surface area contributed by atoms with Crippen molar-refractivity contribution in [3.8, 4) is 5.75 Å². The molecule has 1 heterocycles. The molecule has 0 bridgehead atoms. The fourth-order valence-electron chi connectivity index (χ4n) is 3.10. The largest absolute Gasteiger partial charge is 0.508 e. The molecule has 28 heavy (non-hydrogen) atoms. The molecule has 0 aliphatic heterocycles. The summed E-state index contributed by atoms with van der Waals surface area (Å²) in [5.41, 5.74) is 2.24. The maximum absolute atomic E-state index is 12.5. The number of hydrogen-bond acceptors (Lipinski definition) is 4. The summed E-state index contributed by atoms with van der Waals surface area (Å²) in [5, 5.41) is 13.8. The number of anilines is 1. The van der Waals surface area contributed by atoms with Crippen molar-refractivity contribution in [3.05, 3.63) is 69.0 Å². The number of nitrogens with one attached hydrogen (secondary N) is 2. The lowest BCUT2D eigenvalue weighted by molar-refractivity contribution is -0.903. The van der Waals surface area contributed by atoms with Gasteiger partial charge in [0, 0.05) is 33.8 Å². The Morgan fingerprint density at radius 3 is 2.75 bits per heavy atom. The lowest BCUT2D eigenvalue weighted by Gasteiger charge is -2.18. The maximum Gasteiger partial charge on any atom is 0.336 e. The van der Waals surface area contributed by atoms with E-state index >= 15 is 0 Å². The number of carbonyl (C=O) groups is 1. The molecule has 3 N–H and O–H groups in total. The second-order valence-electron chi connectivity index (χ2n) is 6.74. The third kappa shape index (κ3) is 4.71. The van der Waals surface area contributed by atoms with Gasteiger partial charge in [-0.05, 0) is 43.7 Å². The minimum absolute atomic E-state index is 0.0313. The number of halogens is 1. The smallest absolute Gasteiger partial charge is 0.336 e. The Hall–Kier alpha value is -2.83. The van der Waals surface area contributed by atoms with Crippen LogP contribution in [0.4, 0.5) is 5.69 Å². The summed E-state index contributed by atoms with van der Waals surface area (Å²) < 4.78 is 5.17. The Kier molecular flexibility index (Phi) is 6.02. The van der Waals surface area contributed by atoms with Gasteiger partial charge >= 0.3 is 5.63 Å². The van der Waals surface area contributed by atoms with Crippen molar-refractivity contribution in [1.82, 2.24) is 0 Å². The van der Waals surface area contributed by atoms with Gasteiger partial charge in [0.2, 0.25) is 0 Å². The van der Waals surface area contributed by atoms with Crippen LogP contribution in [0.15, 0.2) is 51.7 Å². The molecule has 3 rings (SSSR count). The van der Waals surface area contributed by atoms with Crippen LogP contribution < -0.4 is 15.8 Å². The van der Waals surface area contributed by atoms with Crippen LogP contribution in [0.1, 0.15) is 18.1 Å². The summed E-state index contributed by atoms with van der Waals surface area (Å²) in [7, 11) is 0. The number of amides is 1. The van der Waals surface area contributed by atoms with E-state index < -0.39 is 5.63 Å². The number of aryl methyl sites for hydroxylation is 1. The van der Waals surface area contributed by atoms with Gasteiger partial charge < -0.3 is 19.7 Å². The van der Waals surface area contributed by atoms with Gasteiger partial charge in [0.1, 0.15) is 17.9 Å². The molecule has 1 aromatic heterocycles. The van der Waals surface area contributed by atoms with Crippen LogP contribution >= 0.6 is 11.6 Å². The zero-order valence-electron chi connectivity index (χ0n) is 15.7. The number of phenols is 1. The van der Waals surface area contributed by atoms with Crippen LogP contribution in [0, 0.1) is 6.92 Å². The summed E-state index contributed by atoms with van der Waals surface area (Å²) in [6.07, 6.45) is 0. The average molecular weight is 402 g/mol. The number of carbonyl (C=O) groups excluding carboxylic acids is 1. The topological polar surface area (TPSA) is 84.0 Å². The Labute approximate surface area is 167 Å². The van der Waals surface area contributed by atoms with Gasteiger partial charge in [-0.15, -0.1) is 0 Å². The second-order valence-corrected chi connectivity index (χ2v) is 7.17. The molecule has 146 valence electrons. The van der Waals surface area contributed by atoms with Crippen LogP contribution in [-0.2, 0) is 11.3 Å². The highest BCUT2D eigenvalue weighted by atomic mass is 35.5. The first kappa shape index (κ1) is 19.9. The van der Waals surface area contributed by atoms with Gasteiger partial charge in [-0.25, -0.2) is 4.79 Å². The zero-order valence-corrected chi connectivity index (χ0v) is 16.5. The molecule has 3 aromatic rings. The Bertz CT molecular complexity index is 1080. The monoisotopic (exact) mass is 401 g/mol. The average Bonchev–Trinajstić information content (AvgIpc) is 2.63. The molecular formula is C21H22ClN2O4+. The minimum atomic E-state index is -0.484. The maximum atomic E-state index is 12.5. The molecule has 0 saturated carbocycles. The lowest BCUT2D eigenvalue weighted by Crippen LogP contribution is -3.11. The molecule has 0 aliphatic rings. The predicted octanol–water partition coefficient (Wildman–Crippen LogP) is 2.50. The van der Waals surface area contributed by atoms with Crippen LogP contribution in [0.25, 0.3) is 11.0 Å². The van der Waals surface area contributed by atoms with E-state index in [1.54, 1.807) is 24.3 Å². The fraction of sp³-hybridized carbons (Fsp3) is 0.238. The first-order valence-corrected chi connectivity index (χ1v) is 9.39. The predicted molar refractivity (Wildman–Crippen MR) is 109 cm³/mol. The van der Waals surface area contributed by atoms with Crippen molar-refractivity contribution in [2.45, 2.75) is 20.4 Å². The van der Waals surface area contributed by atoms with E-state index in [4.69, 9.17) is 16.0 Å². The number of benzene rings is 2. The number of aromatic hydroxyl groups is 1. The first-order chi connectivity index (χ1) is 13.4. The van der Waals surface area contributed by atoms with E-state index in [2.05, 4.69) is 5.32 Å². The molecule has 1 amide bonds. The number of hydrogen-bond donors (Lipinski definition) is 3. The highest BCUT2D eigenvalue weighted by Gasteiger charge is 2.17. The Morgan fingerprint density at radius 1 is 1.21 bits per heavy atom. The first-order valence-electron chi connectivity index (χ1n) is 9.01. The van der Waals surface area contributed by atoms with Crippen molar-refractivity contribution in [2.24, 2.45) is 0 Å². The summed E-state index contributed by atoms with van der Waals surface area (Å²) >= 11 is 6.01. The zero-order chi connectivity index (χ0) is 20.3. The highest BCUT2D eigenvalue weighted by molar-refractivity contribution is 6.31. The van der Waals surface area contributed by atoms with Crippen LogP contribution in [0.3, 0.4) is 0 Å². The third-order valence-electron chi connectivity index (χ3n) is 4.64. The molecule has 1 atom stereocenters. The number of phenolic OH excluding ortho intramolecular Hbond substituents is 1. The summed E-state index contributed by atoms with van der Waals surface area (Å²) in [6, 6.07) is 11.5. The Morgan fingerprint density at radius 2 is 2.00 bits per heavy atom. The Balaban J connectivity index is 1.77. The normalized spacial score (nSPS) is 12.1. The van der Waals surface area contributed by atoms with E-state index in [1.807, 2.05) is 19.9 Å². The standard InChI is InChI=1S/C21H21ClN2O4/c1-3-24(12-20(26)23-18-9-15(22)5-4-13(18)2)11-14-8-21(27)28-19-10-16(25)6-7-17(14)19/h4-10,25H,3,11-12H2,1-2H3,(H,23,26)/p+1. The van der Waals surface area contributed by atoms with Crippen molar-refractivity contribution in [1.29, 1.82) is 0 Å². The molecular weight excluding hydrogens is 380 g/mol. The van der Waals surface area contributed by atoms with Crippen molar-refractivity contribution in [2.75, 3.05) is 18.4 Å². The molecule has 0 fully saturated rings. The molecule has 0 aliphatic carbocycles. The lowest BCUT2D eigenvalue weighted by atomic mass is 10.1. The molecule has 0 spiro atoms. The van der Waals surface area contributed by atoms with Gasteiger partial charge in [0.15, 0.2) is 6.54 Å². The molecule has 7 heteroatoms. The van der Waals surface area contributed by atoms with E-state index in [1.165, 1.54) is 12.1 Å². The number of quaternary nitrogens is 1. The van der Waals surface area contributed by atoms with Gasteiger partial charge in [0.25, 0.3) is 5.91 Å². The summed E-state index contributed by atoms with van der Waals surface area (Å²) in [5.74, 6) is -0.101. The van der Waals surface area contributed by atoms with Gasteiger partial charge in [-0.3, -0.25) is 4.79 Å². The van der Waals surface area contributed by atoms with E-state index in [-0.39, 0.29) is 18.2 Å². The van der Waals surface area contributed by atoms with Crippen molar-refractivity contribution < 1.29 is 19.2 Å². The van der Waals surface area contributed by atoms with E-state index in [0.717, 1.165) is 21.4 Å². The van der Waals surface area contributed by atoms with Crippen molar-refractivity contribution in [3.63, 3.8) is 0 Å². The molecule has 2 aromatic carbocycles. The van der Waals surface area contributed by atoms with Gasteiger partial charge in [-0.1, -0.05) is 17.7 Å². The van der Waals surface area contributed by atoms with Crippen LogP contribution in [-0.4, -0.2) is 24.1 Å². The molecule has 1 unspecified atom stereocenters. The number of fused-ring (bicyclic) bond motifs is 1. The van der Waals surface area contributed by atoms with Crippen LogP contribution in [0.5, 0.6) is 5.75 Å². The quantitative estimate of drug-likeness (QED) is 0.554. The number of rotatable bonds is 6. The number of likely N-dealkylation sites (N-methyl/N-ethyl adjacent to an activating group) is 1. The van der Waals surface area contributed by atoms with Crippen molar-refractivity contribution >= 4 is 34.2 Å². The summed E-state index contributed by atoms with van der Waals surface area (Å²) in [6.45, 7) is 5.29. The third-order valence-corrected chi connectivity index (χ3v) is 4.87. The molecule has 0 saturated heterocycles. The minimum Gasteiger partial charge on any atom is -0.508 e.